The van der Waals surface area contributed by atoms with E-state index in [1.807, 2.05) is 6.92 Å². The SMILES string of the molecule is CCNC(=NCC(O)COCC1CC1)NCCC(C)C. The number of aliphatic hydroxyl groups is 1. The van der Waals surface area contributed by atoms with Gasteiger partial charge in [0.05, 0.1) is 19.3 Å². The van der Waals surface area contributed by atoms with Crippen molar-refractivity contribution in [3.8, 4) is 0 Å². The predicted molar refractivity (Wildman–Crippen MR) is 83.0 cm³/mol. The van der Waals surface area contributed by atoms with Gasteiger partial charge in [-0.1, -0.05) is 13.8 Å². The molecule has 0 aromatic carbocycles. The van der Waals surface area contributed by atoms with Crippen LogP contribution in [-0.4, -0.2) is 50.0 Å². The number of aliphatic imine (C=N–C) groups is 1. The Balaban J connectivity index is 2.17. The molecule has 118 valence electrons. The van der Waals surface area contributed by atoms with Crippen molar-refractivity contribution in [2.24, 2.45) is 16.8 Å². The summed E-state index contributed by atoms with van der Waals surface area (Å²) in [7, 11) is 0. The van der Waals surface area contributed by atoms with Gasteiger partial charge in [-0.05, 0) is 38.0 Å². The second kappa shape index (κ2) is 10.00. The van der Waals surface area contributed by atoms with E-state index in [1.54, 1.807) is 0 Å². The molecule has 20 heavy (non-hydrogen) atoms. The molecule has 0 aromatic heterocycles. The third-order valence-electron chi connectivity index (χ3n) is 3.18. The van der Waals surface area contributed by atoms with Crippen LogP contribution in [0.25, 0.3) is 0 Å². The summed E-state index contributed by atoms with van der Waals surface area (Å²) in [5.74, 6) is 2.18. The van der Waals surface area contributed by atoms with Crippen LogP contribution >= 0.6 is 0 Å². The van der Waals surface area contributed by atoms with Crippen molar-refractivity contribution in [3.05, 3.63) is 0 Å². The van der Waals surface area contributed by atoms with E-state index >= 15 is 0 Å². The molecule has 3 N–H and O–H groups in total. The maximum Gasteiger partial charge on any atom is 0.191 e. The number of guanidine groups is 1. The highest BCUT2D eigenvalue weighted by Crippen LogP contribution is 2.28. The fourth-order valence-electron chi connectivity index (χ4n) is 1.73. The number of aliphatic hydroxyl groups excluding tert-OH is 1. The maximum atomic E-state index is 9.83. The molecule has 0 bridgehead atoms. The molecule has 5 heteroatoms. The third kappa shape index (κ3) is 9.15. The highest BCUT2D eigenvalue weighted by atomic mass is 16.5. The summed E-state index contributed by atoms with van der Waals surface area (Å²) in [6.07, 6.45) is 3.14. The lowest BCUT2D eigenvalue weighted by Gasteiger charge is -2.14. The number of rotatable bonds is 10. The third-order valence-corrected chi connectivity index (χ3v) is 3.18. The summed E-state index contributed by atoms with van der Waals surface area (Å²) >= 11 is 0. The van der Waals surface area contributed by atoms with Gasteiger partial charge < -0.3 is 20.5 Å². The quantitative estimate of drug-likeness (QED) is 0.419. The summed E-state index contributed by atoms with van der Waals surface area (Å²) in [6.45, 7) is 9.70. The van der Waals surface area contributed by atoms with Crippen LogP contribution in [0, 0.1) is 11.8 Å². The zero-order valence-corrected chi connectivity index (χ0v) is 13.2. The summed E-state index contributed by atoms with van der Waals surface area (Å²) in [6, 6.07) is 0. The van der Waals surface area contributed by atoms with Crippen molar-refractivity contribution in [3.63, 3.8) is 0 Å². The normalized spacial score (nSPS) is 17.4. The Morgan fingerprint density at radius 1 is 1.35 bits per heavy atom. The topological polar surface area (TPSA) is 65.9 Å². The second-order valence-electron chi connectivity index (χ2n) is 5.96. The highest BCUT2D eigenvalue weighted by molar-refractivity contribution is 5.79. The maximum absolute atomic E-state index is 9.83. The molecule has 0 heterocycles. The molecule has 1 rings (SSSR count). The molecule has 1 unspecified atom stereocenters. The first-order chi connectivity index (χ1) is 9.61. The fraction of sp³-hybridized carbons (Fsp3) is 0.933. The number of nitrogens with zero attached hydrogens (tertiary/aromatic N) is 1. The Morgan fingerprint density at radius 2 is 2.10 bits per heavy atom. The van der Waals surface area contributed by atoms with E-state index in [0.29, 0.717) is 19.1 Å². The lowest BCUT2D eigenvalue weighted by atomic mass is 10.1. The van der Waals surface area contributed by atoms with Gasteiger partial charge in [0, 0.05) is 19.7 Å². The van der Waals surface area contributed by atoms with Gasteiger partial charge in [0.25, 0.3) is 0 Å². The Labute approximate surface area is 123 Å². The predicted octanol–water partition coefficient (Wildman–Crippen LogP) is 1.38. The van der Waals surface area contributed by atoms with E-state index in [0.717, 1.165) is 38.0 Å². The number of ether oxygens (including phenoxy) is 1. The molecule has 1 fully saturated rings. The molecule has 0 aromatic rings. The zero-order valence-electron chi connectivity index (χ0n) is 13.2. The van der Waals surface area contributed by atoms with Gasteiger partial charge in [0.1, 0.15) is 0 Å². The van der Waals surface area contributed by atoms with Gasteiger partial charge in [0.2, 0.25) is 0 Å². The van der Waals surface area contributed by atoms with E-state index in [-0.39, 0.29) is 0 Å². The van der Waals surface area contributed by atoms with Crippen molar-refractivity contribution >= 4 is 5.96 Å². The fourth-order valence-corrected chi connectivity index (χ4v) is 1.73. The van der Waals surface area contributed by atoms with Gasteiger partial charge in [-0.25, -0.2) is 0 Å². The average Bonchev–Trinajstić information content (AvgIpc) is 3.19. The Bertz CT molecular complexity index is 278. The molecule has 0 spiro atoms. The molecule has 0 radical (unpaired) electrons. The van der Waals surface area contributed by atoms with Crippen LogP contribution in [0.2, 0.25) is 0 Å². The van der Waals surface area contributed by atoms with Gasteiger partial charge >= 0.3 is 0 Å². The summed E-state index contributed by atoms with van der Waals surface area (Å²) in [5, 5.41) is 16.3. The largest absolute Gasteiger partial charge is 0.389 e. The minimum absolute atomic E-state index is 0.377. The van der Waals surface area contributed by atoms with Crippen molar-refractivity contribution in [1.82, 2.24) is 10.6 Å². The average molecular weight is 285 g/mol. The summed E-state index contributed by atoms with van der Waals surface area (Å²) in [5.41, 5.74) is 0. The van der Waals surface area contributed by atoms with Crippen LogP contribution in [-0.2, 0) is 4.74 Å². The van der Waals surface area contributed by atoms with Crippen molar-refractivity contribution < 1.29 is 9.84 Å². The van der Waals surface area contributed by atoms with Gasteiger partial charge in [-0.2, -0.15) is 0 Å². The molecule has 0 amide bonds. The van der Waals surface area contributed by atoms with Crippen molar-refractivity contribution in [2.45, 2.75) is 46.1 Å². The lowest BCUT2D eigenvalue weighted by molar-refractivity contribution is 0.0368. The Hall–Kier alpha value is -0.810. The van der Waals surface area contributed by atoms with E-state index in [2.05, 4.69) is 29.5 Å². The summed E-state index contributed by atoms with van der Waals surface area (Å²) in [4.78, 5) is 4.39. The van der Waals surface area contributed by atoms with Crippen LogP contribution in [0.5, 0.6) is 0 Å². The molecular formula is C15H31N3O2. The molecule has 1 aliphatic rings. The zero-order chi connectivity index (χ0) is 14.8. The number of hydrogen-bond donors (Lipinski definition) is 3. The Morgan fingerprint density at radius 3 is 2.70 bits per heavy atom. The number of hydrogen-bond acceptors (Lipinski definition) is 3. The molecule has 1 saturated carbocycles. The van der Waals surface area contributed by atoms with Crippen molar-refractivity contribution in [2.75, 3.05) is 32.8 Å². The summed E-state index contributed by atoms with van der Waals surface area (Å²) < 4.78 is 5.46. The van der Waals surface area contributed by atoms with Crippen LogP contribution in [0.3, 0.4) is 0 Å². The Kier molecular flexibility index (Phi) is 8.62. The van der Waals surface area contributed by atoms with Crippen LogP contribution < -0.4 is 10.6 Å². The molecule has 5 nitrogen and oxygen atoms in total. The van der Waals surface area contributed by atoms with E-state index in [4.69, 9.17) is 4.74 Å². The standard InChI is InChI=1S/C15H31N3O2/c1-4-16-15(17-8-7-12(2)3)18-9-14(19)11-20-10-13-5-6-13/h12-14,19H,4-11H2,1-3H3,(H2,16,17,18). The van der Waals surface area contributed by atoms with Gasteiger partial charge in [0.15, 0.2) is 5.96 Å². The van der Waals surface area contributed by atoms with Crippen LogP contribution in [0.1, 0.15) is 40.0 Å². The molecular weight excluding hydrogens is 254 g/mol. The van der Waals surface area contributed by atoms with E-state index in [9.17, 15) is 5.11 Å². The van der Waals surface area contributed by atoms with Crippen molar-refractivity contribution in [1.29, 1.82) is 0 Å². The highest BCUT2D eigenvalue weighted by Gasteiger charge is 2.21. The first kappa shape index (κ1) is 17.2. The lowest BCUT2D eigenvalue weighted by Crippen LogP contribution is -2.39. The van der Waals surface area contributed by atoms with Gasteiger partial charge in [-0.15, -0.1) is 0 Å². The second-order valence-corrected chi connectivity index (χ2v) is 5.96. The first-order valence-electron chi connectivity index (χ1n) is 7.89. The van der Waals surface area contributed by atoms with Crippen LogP contribution in [0.4, 0.5) is 0 Å². The van der Waals surface area contributed by atoms with Gasteiger partial charge in [-0.3, -0.25) is 4.99 Å². The van der Waals surface area contributed by atoms with E-state index < -0.39 is 6.10 Å². The molecule has 0 saturated heterocycles. The monoisotopic (exact) mass is 285 g/mol. The minimum Gasteiger partial charge on any atom is -0.389 e. The first-order valence-corrected chi connectivity index (χ1v) is 7.89. The smallest absolute Gasteiger partial charge is 0.191 e. The number of nitrogens with one attached hydrogen (secondary N) is 2. The molecule has 1 atom stereocenters. The van der Waals surface area contributed by atoms with E-state index in [1.165, 1.54) is 12.8 Å². The van der Waals surface area contributed by atoms with Crippen LogP contribution in [0.15, 0.2) is 4.99 Å². The minimum atomic E-state index is -0.519. The molecule has 0 aliphatic heterocycles. The molecule has 1 aliphatic carbocycles.